The lowest BCUT2D eigenvalue weighted by Gasteiger charge is -2.48. The molecule has 1 aromatic heterocycles. The van der Waals surface area contributed by atoms with Gasteiger partial charge < -0.3 is 9.64 Å². The Morgan fingerprint density at radius 2 is 2.11 bits per heavy atom. The van der Waals surface area contributed by atoms with Crippen LogP contribution in [0.3, 0.4) is 0 Å². The Hall–Kier alpha value is -3.05. The fourth-order valence-electron chi connectivity index (χ4n) is 5.76. The van der Waals surface area contributed by atoms with E-state index >= 15 is 0 Å². The van der Waals surface area contributed by atoms with E-state index in [1.807, 2.05) is 31.3 Å². The van der Waals surface area contributed by atoms with Crippen molar-refractivity contribution in [1.82, 2.24) is 24.1 Å². The lowest BCUT2D eigenvalue weighted by Crippen LogP contribution is -2.57. The number of benzene rings is 1. The number of carbonyl (C=O) groups is 3. The highest BCUT2D eigenvalue weighted by atomic mass is 32.2. The summed E-state index contributed by atoms with van der Waals surface area (Å²) < 4.78 is 19.6. The summed E-state index contributed by atoms with van der Waals surface area (Å²) in [4.78, 5) is 48.6. The van der Waals surface area contributed by atoms with Crippen molar-refractivity contribution in [2.24, 2.45) is 0 Å². The summed E-state index contributed by atoms with van der Waals surface area (Å²) in [6.07, 6.45) is 10.3. The Labute approximate surface area is 226 Å². The number of nitrogens with zero attached hydrogens (tertiary/aromatic N) is 5. The highest BCUT2D eigenvalue weighted by molar-refractivity contribution is 7.92. The molecule has 2 aromatic rings. The van der Waals surface area contributed by atoms with Crippen LogP contribution in [0.4, 0.5) is 3.89 Å². The first kappa shape index (κ1) is 26.6. The minimum Gasteiger partial charge on any atom is -0.489 e. The fourth-order valence-corrected chi connectivity index (χ4v) is 5.96. The third kappa shape index (κ3) is 5.54. The molecule has 1 aromatic carbocycles. The van der Waals surface area contributed by atoms with Gasteiger partial charge in [-0.05, 0) is 56.4 Å². The van der Waals surface area contributed by atoms with Gasteiger partial charge in [-0.1, -0.05) is 6.42 Å². The monoisotopic (exact) mass is 541 g/mol. The number of likely N-dealkylation sites (tertiary alicyclic amines) is 1. The molecule has 202 valence electrons. The number of aromatic nitrogens is 2. The van der Waals surface area contributed by atoms with Gasteiger partial charge in [0.05, 0.1) is 5.69 Å². The van der Waals surface area contributed by atoms with Crippen molar-refractivity contribution < 1.29 is 23.0 Å². The lowest BCUT2D eigenvalue weighted by molar-refractivity contribution is -0.132. The van der Waals surface area contributed by atoms with Crippen LogP contribution in [-0.4, -0.2) is 73.6 Å². The molecule has 0 N–H and O–H groups in total. The first-order chi connectivity index (χ1) is 18.5. The molecule has 5 rings (SSSR count). The van der Waals surface area contributed by atoms with Gasteiger partial charge in [0.15, 0.2) is 12.3 Å². The standard InChI is InChI=1S/C27H32FN5O4S/c1-18(6-9-26(35)33(17-34)38-28)32-16-19-12-21(7-8-22(19)27(32)36)37-25-5-3-2-4-24(25)31-14-20(15-31)23-13-29-10-11-30-23/h7-8,10-13,17-18,20,24-25H,2-6,9,14-16H2,1H3. The van der Waals surface area contributed by atoms with Gasteiger partial charge in [0.2, 0.25) is 12.3 Å². The van der Waals surface area contributed by atoms with E-state index in [1.165, 1.54) is 6.42 Å². The van der Waals surface area contributed by atoms with Gasteiger partial charge in [0, 0.05) is 68.2 Å². The zero-order valence-electron chi connectivity index (χ0n) is 21.4. The van der Waals surface area contributed by atoms with Gasteiger partial charge in [0.1, 0.15) is 11.9 Å². The van der Waals surface area contributed by atoms with Gasteiger partial charge in [-0.3, -0.25) is 29.3 Å². The average Bonchev–Trinajstić information content (AvgIpc) is 3.24. The first-order valence-corrected chi connectivity index (χ1v) is 13.8. The third-order valence-corrected chi connectivity index (χ3v) is 8.41. The molecule has 3 atom stereocenters. The molecule has 38 heavy (non-hydrogen) atoms. The van der Waals surface area contributed by atoms with Crippen LogP contribution in [0.25, 0.3) is 0 Å². The maximum atomic E-state index is 13.0. The maximum absolute atomic E-state index is 13.0. The van der Waals surface area contributed by atoms with E-state index < -0.39 is 18.2 Å². The minimum absolute atomic E-state index is 0.0252. The zero-order valence-corrected chi connectivity index (χ0v) is 22.2. The average molecular weight is 542 g/mol. The van der Waals surface area contributed by atoms with E-state index in [9.17, 15) is 18.3 Å². The maximum Gasteiger partial charge on any atom is 0.254 e. The van der Waals surface area contributed by atoms with E-state index in [1.54, 1.807) is 17.3 Å². The SMILES string of the molecule is CC(CCC(=O)N(C=O)SF)N1Cc2cc(OC3CCCCC3N3CC(c4cnccn4)C3)ccc2C1=O. The van der Waals surface area contributed by atoms with Gasteiger partial charge in [-0.25, -0.2) is 0 Å². The molecule has 1 saturated heterocycles. The molecule has 3 aliphatic rings. The van der Waals surface area contributed by atoms with Crippen LogP contribution in [0, 0.1) is 0 Å². The number of ether oxygens (including phenoxy) is 1. The molecular weight excluding hydrogens is 509 g/mol. The van der Waals surface area contributed by atoms with Crippen LogP contribution in [0.2, 0.25) is 0 Å². The number of halogens is 1. The summed E-state index contributed by atoms with van der Waals surface area (Å²) in [6.45, 7) is 4.21. The molecule has 9 nitrogen and oxygen atoms in total. The molecular formula is C27H32FN5O4S. The highest BCUT2D eigenvalue weighted by Gasteiger charge is 2.40. The summed E-state index contributed by atoms with van der Waals surface area (Å²) in [5, 5.41) is 0. The van der Waals surface area contributed by atoms with Crippen LogP contribution < -0.4 is 4.74 Å². The fraction of sp³-hybridized carbons (Fsp3) is 0.519. The Bertz CT molecular complexity index is 1170. The van der Waals surface area contributed by atoms with E-state index in [0.29, 0.717) is 34.8 Å². The minimum atomic E-state index is -0.619. The summed E-state index contributed by atoms with van der Waals surface area (Å²) in [5.74, 6) is 0.472. The molecule has 3 unspecified atom stereocenters. The molecule has 0 bridgehead atoms. The molecule has 0 radical (unpaired) electrons. The lowest BCUT2D eigenvalue weighted by atomic mass is 9.86. The second-order valence-corrected chi connectivity index (χ2v) is 10.9. The summed E-state index contributed by atoms with van der Waals surface area (Å²) in [7, 11) is 0. The molecule has 1 saturated carbocycles. The smallest absolute Gasteiger partial charge is 0.254 e. The Balaban J connectivity index is 1.18. The van der Waals surface area contributed by atoms with Gasteiger partial charge in [-0.15, -0.1) is 3.89 Å². The summed E-state index contributed by atoms with van der Waals surface area (Å²) in [6, 6.07) is 5.78. The predicted octanol–water partition coefficient (Wildman–Crippen LogP) is 3.91. The van der Waals surface area contributed by atoms with Crippen LogP contribution >= 0.6 is 12.3 Å². The molecule has 0 spiro atoms. The van der Waals surface area contributed by atoms with Crippen molar-refractivity contribution in [2.45, 2.75) is 76.1 Å². The second kappa shape index (κ2) is 11.8. The molecule has 3 amide bonds. The topological polar surface area (TPSA) is 95.9 Å². The Kier molecular flexibility index (Phi) is 8.23. The number of amides is 3. The van der Waals surface area contributed by atoms with Crippen LogP contribution in [0.1, 0.15) is 73.0 Å². The van der Waals surface area contributed by atoms with E-state index in [0.717, 1.165) is 49.4 Å². The van der Waals surface area contributed by atoms with Crippen molar-refractivity contribution in [3.8, 4) is 5.75 Å². The van der Waals surface area contributed by atoms with Crippen molar-refractivity contribution in [3.05, 3.63) is 53.6 Å². The van der Waals surface area contributed by atoms with Crippen molar-refractivity contribution in [1.29, 1.82) is 0 Å². The highest BCUT2D eigenvalue weighted by Crippen LogP contribution is 2.36. The molecule has 1 aliphatic carbocycles. The van der Waals surface area contributed by atoms with Crippen molar-refractivity contribution >= 4 is 30.6 Å². The van der Waals surface area contributed by atoms with E-state index in [-0.39, 0.29) is 30.9 Å². The summed E-state index contributed by atoms with van der Waals surface area (Å²) >= 11 is -0.413. The Morgan fingerprint density at radius 1 is 1.29 bits per heavy atom. The number of rotatable bonds is 10. The Morgan fingerprint density at radius 3 is 2.84 bits per heavy atom. The second-order valence-electron chi connectivity index (χ2n) is 10.3. The van der Waals surface area contributed by atoms with Gasteiger partial charge >= 0.3 is 0 Å². The zero-order chi connectivity index (χ0) is 26.6. The normalized spacial score (nSPS) is 22.5. The van der Waals surface area contributed by atoms with Crippen LogP contribution in [0.5, 0.6) is 5.75 Å². The summed E-state index contributed by atoms with van der Waals surface area (Å²) in [5.41, 5.74) is 2.59. The van der Waals surface area contributed by atoms with Crippen molar-refractivity contribution in [3.63, 3.8) is 0 Å². The number of hydrogen-bond donors (Lipinski definition) is 0. The predicted molar refractivity (Wildman–Crippen MR) is 140 cm³/mol. The number of carbonyl (C=O) groups excluding carboxylic acids is 3. The first-order valence-electron chi connectivity index (χ1n) is 13.1. The number of imide groups is 1. The molecule has 2 aliphatic heterocycles. The third-order valence-electron chi connectivity index (χ3n) is 7.97. The number of hydrogen-bond acceptors (Lipinski definition) is 8. The van der Waals surface area contributed by atoms with Crippen LogP contribution in [0.15, 0.2) is 36.8 Å². The quantitative estimate of drug-likeness (QED) is 0.330. The van der Waals surface area contributed by atoms with Crippen molar-refractivity contribution in [2.75, 3.05) is 13.1 Å². The molecule has 3 heterocycles. The largest absolute Gasteiger partial charge is 0.489 e. The van der Waals surface area contributed by atoms with Gasteiger partial charge in [0.25, 0.3) is 5.91 Å². The van der Waals surface area contributed by atoms with Crippen LogP contribution in [-0.2, 0) is 16.1 Å². The van der Waals surface area contributed by atoms with E-state index in [4.69, 9.17) is 4.74 Å². The van der Waals surface area contributed by atoms with Gasteiger partial charge in [-0.2, -0.15) is 4.31 Å². The molecule has 2 fully saturated rings. The van der Waals surface area contributed by atoms with E-state index in [2.05, 4.69) is 14.9 Å². The molecule has 11 heteroatoms. The number of fused-ring (bicyclic) bond motifs is 1.